The number of carbonyl (C=O) groups excluding carboxylic acids is 1. The number of ether oxygens (including phenoxy) is 1. The summed E-state index contributed by atoms with van der Waals surface area (Å²) < 4.78 is 5.86. The van der Waals surface area contributed by atoms with Crippen molar-refractivity contribution in [2.75, 3.05) is 0 Å². The number of benzene rings is 1. The van der Waals surface area contributed by atoms with Crippen molar-refractivity contribution in [1.29, 1.82) is 0 Å². The predicted molar refractivity (Wildman–Crippen MR) is 112 cm³/mol. The summed E-state index contributed by atoms with van der Waals surface area (Å²) in [6.07, 6.45) is 10.6. The van der Waals surface area contributed by atoms with Gasteiger partial charge in [-0.15, -0.1) is 0 Å². The molecule has 1 aromatic rings. The molecule has 1 aliphatic heterocycles. The molecule has 0 spiro atoms. The fraction of sp³-hybridized carbons (Fsp3) is 0.480. The number of fused-ring (bicyclic) bond motifs is 1. The van der Waals surface area contributed by atoms with Crippen molar-refractivity contribution < 1.29 is 9.53 Å². The number of esters is 1. The van der Waals surface area contributed by atoms with E-state index in [2.05, 4.69) is 84.9 Å². The van der Waals surface area contributed by atoms with Crippen molar-refractivity contribution in [3.63, 3.8) is 0 Å². The van der Waals surface area contributed by atoms with Crippen molar-refractivity contribution in [3.05, 3.63) is 64.3 Å². The molecule has 144 valence electrons. The van der Waals surface area contributed by atoms with Crippen molar-refractivity contribution in [2.24, 2.45) is 5.41 Å². The van der Waals surface area contributed by atoms with E-state index in [0.717, 1.165) is 35.3 Å². The first-order valence-electron chi connectivity index (χ1n) is 10.0. The second kappa shape index (κ2) is 6.82. The van der Waals surface area contributed by atoms with Gasteiger partial charge in [-0.25, -0.2) is 0 Å². The maximum Gasteiger partial charge on any atom is 0.323 e. The molecule has 2 nitrogen and oxygen atoms in total. The lowest BCUT2D eigenvalue weighted by Gasteiger charge is -2.23. The second-order valence-corrected chi connectivity index (χ2v) is 9.49. The lowest BCUT2D eigenvalue weighted by atomic mass is 9.80. The van der Waals surface area contributed by atoms with Crippen molar-refractivity contribution >= 4 is 5.97 Å². The van der Waals surface area contributed by atoms with Crippen molar-refractivity contribution in [1.82, 2.24) is 0 Å². The zero-order valence-corrected chi connectivity index (χ0v) is 17.8. The molecule has 1 atom stereocenters. The first kappa shape index (κ1) is 19.7. The van der Waals surface area contributed by atoms with Crippen LogP contribution in [0, 0.1) is 5.41 Å². The van der Waals surface area contributed by atoms with Gasteiger partial charge in [0.15, 0.2) is 0 Å². The maximum atomic E-state index is 12.9. The van der Waals surface area contributed by atoms with Crippen LogP contribution in [-0.4, -0.2) is 5.97 Å². The number of hydrogen-bond acceptors (Lipinski definition) is 2. The van der Waals surface area contributed by atoms with E-state index < -0.39 is 0 Å². The van der Waals surface area contributed by atoms with Crippen molar-refractivity contribution in [3.8, 4) is 5.75 Å². The molecule has 0 aromatic heterocycles. The molecule has 27 heavy (non-hydrogen) atoms. The molecule has 0 radical (unpaired) electrons. The Morgan fingerprint density at radius 1 is 1.19 bits per heavy atom. The number of aryl methyl sites for hydroxylation is 1. The fourth-order valence-electron chi connectivity index (χ4n) is 3.83. The Balaban J connectivity index is 2.17. The maximum absolute atomic E-state index is 12.9. The minimum absolute atomic E-state index is 0.00970. The van der Waals surface area contributed by atoms with Gasteiger partial charge in [0.2, 0.25) is 0 Å². The highest BCUT2D eigenvalue weighted by atomic mass is 16.5. The highest BCUT2D eigenvalue weighted by molar-refractivity contribution is 5.91. The van der Waals surface area contributed by atoms with E-state index in [4.69, 9.17) is 4.74 Å². The molecule has 2 aliphatic rings. The minimum atomic E-state index is -0.341. The number of rotatable bonds is 3. The van der Waals surface area contributed by atoms with Crippen LogP contribution in [0.2, 0.25) is 0 Å². The van der Waals surface area contributed by atoms with Gasteiger partial charge in [0, 0.05) is 16.5 Å². The van der Waals surface area contributed by atoms with E-state index in [1.54, 1.807) is 0 Å². The zero-order chi connectivity index (χ0) is 20.0. The molecule has 0 saturated carbocycles. The normalized spacial score (nSPS) is 21.3. The molecule has 0 amide bonds. The third-order valence-corrected chi connectivity index (χ3v) is 5.81. The number of carbonyl (C=O) groups is 1. The van der Waals surface area contributed by atoms with Gasteiger partial charge in [0.1, 0.15) is 11.7 Å². The van der Waals surface area contributed by atoms with Gasteiger partial charge in [-0.1, -0.05) is 90.0 Å². The molecule has 0 bridgehead atoms. The third-order valence-electron chi connectivity index (χ3n) is 5.81. The van der Waals surface area contributed by atoms with Crippen LogP contribution in [0.15, 0.2) is 47.6 Å². The molecule has 0 fully saturated rings. The summed E-state index contributed by atoms with van der Waals surface area (Å²) in [6, 6.07) is 4.41. The lowest BCUT2D eigenvalue weighted by molar-refractivity contribution is -0.133. The highest BCUT2D eigenvalue weighted by Gasteiger charge is 2.39. The van der Waals surface area contributed by atoms with E-state index in [0.29, 0.717) is 0 Å². The van der Waals surface area contributed by atoms with Gasteiger partial charge in [-0.2, -0.15) is 0 Å². The highest BCUT2D eigenvalue weighted by Crippen LogP contribution is 2.47. The number of hydrogen-bond donors (Lipinski definition) is 0. The molecule has 2 heteroatoms. The monoisotopic (exact) mass is 364 g/mol. The summed E-state index contributed by atoms with van der Waals surface area (Å²) in [5.41, 5.74) is 5.63. The molecule has 3 rings (SSSR count). The fourth-order valence-corrected chi connectivity index (χ4v) is 3.83. The van der Waals surface area contributed by atoms with E-state index in [-0.39, 0.29) is 22.7 Å². The van der Waals surface area contributed by atoms with Gasteiger partial charge in [-0.3, -0.25) is 4.79 Å². The Kier molecular flexibility index (Phi) is 4.96. The Hall–Kier alpha value is -2.09. The first-order chi connectivity index (χ1) is 12.5. The molecular weight excluding hydrogens is 332 g/mol. The van der Waals surface area contributed by atoms with Crippen LogP contribution in [-0.2, 0) is 16.6 Å². The van der Waals surface area contributed by atoms with Gasteiger partial charge in [-0.05, 0) is 29.9 Å². The van der Waals surface area contributed by atoms with Crippen LogP contribution in [0.25, 0.3) is 0 Å². The van der Waals surface area contributed by atoms with Gasteiger partial charge in [0.25, 0.3) is 0 Å². The third kappa shape index (κ3) is 3.67. The van der Waals surface area contributed by atoms with Crippen LogP contribution >= 0.6 is 0 Å². The molecule has 0 saturated heterocycles. The Morgan fingerprint density at radius 3 is 2.52 bits per heavy atom. The summed E-state index contributed by atoms with van der Waals surface area (Å²) in [4.78, 5) is 12.9. The largest absolute Gasteiger partial charge is 0.425 e. The predicted octanol–water partition coefficient (Wildman–Crippen LogP) is 6.41. The first-order valence-corrected chi connectivity index (χ1v) is 10.0. The molecule has 1 aliphatic carbocycles. The van der Waals surface area contributed by atoms with E-state index >= 15 is 0 Å². The topological polar surface area (TPSA) is 26.3 Å². The number of allylic oxidation sites excluding steroid dienone is 5. The summed E-state index contributed by atoms with van der Waals surface area (Å²) >= 11 is 0. The van der Waals surface area contributed by atoms with Crippen LogP contribution in [0.3, 0.4) is 0 Å². The van der Waals surface area contributed by atoms with E-state index in [9.17, 15) is 4.79 Å². The van der Waals surface area contributed by atoms with Crippen LogP contribution < -0.4 is 4.74 Å². The van der Waals surface area contributed by atoms with Crippen molar-refractivity contribution in [2.45, 2.75) is 72.6 Å². The molecule has 0 N–H and O–H groups in total. The Morgan fingerprint density at radius 2 is 1.89 bits per heavy atom. The van der Waals surface area contributed by atoms with Gasteiger partial charge in [0.05, 0.1) is 0 Å². The quantitative estimate of drug-likeness (QED) is 0.458. The van der Waals surface area contributed by atoms with E-state index in [1.807, 2.05) is 0 Å². The Bertz CT molecular complexity index is 857. The second-order valence-electron chi connectivity index (χ2n) is 9.49. The van der Waals surface area contributed by atoms with Gasteiger partial charge >= 0.3 is 5.97 Å². The van der Waals surface area contributed by atoms with Gasteiger partial charge < -0.3 is 4.74 Å². The van der Waals surface area contributed by atoms with Crippen LogP contribution in [0.1, 0.15) is 77.5 Å². The smallest absolute Gasteiger partial charge is 0.323 e. The summed E-state index contributed by atoms with van der Waals surface area (Å²) in [5, 5.41) is 0. The Labute approximate surface area is 164 Å². The SMILES string of the molecule is CCCc1cc2c(c(C(C)(C)C)c1)OC(=O)C2C1=CC=CC(C)(C)C(C)=C1. The average molecular weight is 365 g/mol. The summed E-state index contributed by atoms with van der Waals surface area (Å²) in [7, 11) is 0. The van der Waals surface area contributed by atoms with Crippen LogP contribution in [0.5, 0.6) is 5.75 Å². The average Bonchev–Trinajstić information content (AvgIpc) is 2.80. The zero-order valence-electron chi connectivity index (χ0n) is 17.8. The molecule has 1 aromatic carbocycles. The molecular formula is C25H32O2. The summed E-state index contributed by atoms with van der Waals surface area (Å²) in [6.45, 7) is 15.3. The van der Waals surface area contributed by atoms with Crippen LogP contribution in [0.4, 0.5) is 0 Å². The van der Waals surface area contributed by atoms with E-state index in [1.165, 1.54) is 11.1 Å². The minimum Gasteiger partial charge on any atom is -0.425 e. The lowest BCUT2D eigenvalue weighted by Crippen LogP contribution is -2.14. The molecule has 1 unspecified atom stereocenters. The summed E-state index contributed by atoms with van der Waals surface area (Å²) in [5.74, 6) is 0.274. The standard InChI is InChI=1S/C25H32O2/c1-8-10-17-14-19-21(18-11-9-12-25(6,7)16(2)13-18)23(26)27-22(19)20(15-17)24(3,4)5/h9,11-15,21H,8,10H2,1-7H3. The molecule has 1 heterocycles.